The van der Waals surface area contributed by atoms with Gasteiger partial charge in [-0.1, -0.05) is 12.1 Å². The Morgan fingerprint density at radius 3 is 3.00 bits per heavy atom. The molecule has 0 spiro atoms. The number of carbonyl (C=O) groups excluding carboxylic acids is 1. The standard InChI is InChI=1S/C17H24N2OS/c1-21-12-13-3-2-4-15(9-13)17(20)18-10-14-7-8-19(11-14)16-5-6-16/h2-4,9,14,16H,5-8,10-12H2,1H3,(H,18,20)/t14-/m1/s1. The monoisotopic (exact) mass is 304 g/mol. The number of hydrogen-bond acceptors (Lipinski definition) is 3. The molecule has 114 valence electrons. The zero-order chi connectivity index (χ0) is 14.7. The summed E-state index contributed by atoms with van der Waals surface area (Å²) in [5.74, 6) is 1.66. The van der Waals surface area contributed by atoms with Crippen LogP contribution in [0.5, 0.6) is 0 Å². The maximum atomic E-state index is 12.3. The molecule has 1 saturated heterocycles. The number of benzene rings is 1. The summed E-state index contributed by atoms with van der Waals surface area (Å²) >= 11 is 1.78. The Kier molecular flexibility index (Phi) is 4.86. The van der Waals surface area contributed by atoms with Crippen molar-refractivity contribution in [1.29, 1.82) is 0 Å². The maximum absolute atomic E-state index is 12.3. The van der Waals surface area contributed by atoms with Gasteiger partial charge in [-0.15, -0.1) is 0 Å². The van der Waals surface area contributed by atoms with E-state index >= 15 is 0 Å². The lowest BCUT2D eigenvalue weighted by molar-refractivity contribution is 0.0947. The molecule has 0 bridgehead atoms. The van der Waals surface area contributed by atoms with E-state index in [1.807, 2.05) is 18.2 Å². The molecule has 1 heterocycles. The van der Waals surface area contributed by atoms with Gasteiger partial charge in [0, 0.05) is 30.4 Å². The van der Waals surface area contributed by atoms with Gasteiger partial charge in [0.1, 0.15) is 0 Å². The third kappa shape index (κ3) is 4.01. The summed E-state index contributed by atoms with van der Waals surface area (Å²) in [5, 5.41) is 3.12. The molecular weight excluding hydrogens is 280 g/mol. The predicted molar refractivity (Wildman–Crippen MR) is 88.7 cm³/mol. The zero-order valence-electron chi connectivity index (χ0n) is 12.7. The Bertz CT molecular complexity index is 501. The van der Waals surface area contributed by atoms with Crippen molar-refractivity contribution in [3.63, 3.8) is 0 Å². The van der Waals surface area contributed by atoms with Crippen LogP contribution in [0.25, 0.3) is 0 Å². The topological polar surface area (TPSA) is 32.3 Å². The van der Waals surface area contributed by atoms with E-state index in [2.05, 4.69) is 22.5 Å². The van der Waals surface area contributed by atoms with Crippen LogP contribution < -0.4 is 5.32 Å². The van der Waals surface area contributed by atoms with Crippen molar-refractivity contribution in [2.24, 2.45) is 5.92 Å². The molecule has 4 heteroatoms. The molecule has 1 N–H and O–H groups in total. The number of amides is 1. The molecule has 2 fully saturated rings. The van der Waals surface area contributed by atoms with Crippen molar-refractivity contribution < 1.29 is 4.79 Å². The largest absolute Gasteiger partial charge is 0.352 e. The second-order valence-electron chi connectivity index (χ2n) is 6.22. The SMILES string of the molecule is CSCc1cccc(C(=O)NC[C@H]2CCN(C3CC3)C2)c1. The second kappa shape index (κ2) is 6.84. The number of carbonyl (C=O) groups is 1. The van der Waals surface area contributed by atoms with Crippen LogP contribution in [-0.4, -0.2) is 42.7 Å². The molecule has 1 amide bonds. The van der Waals surface area contributed by atoms with Gasteiger partial charge in [-0.25, -0.2) is 0 Å². The van der Waals surface area contributed by atoms with Crippen molar-refractivity contribution >= 4 is 17.7 Å². The normalized spacial score (nSPS) is 22.4. The van der Waals surface area contributed by atoms with E-state index in [0.29, 0.717) is 5.92 Å². The van der Waals surface area contributed by atoms with Crippen molar-refractivity contribution in [2.45, 2.75) is 31.1 Å². The van der Waals surface area contributed by atoms with E-state index < -0.39 is 0 Å². The summed E-state index contributed by atoms with van der Waals surface area (Å²) in [6, 6.07) is 8.83. The van der Waals surface area contributed by atoms with E-state index in [1.165, 1.54) is 31.4 Å². The van der Waals surface area contributed by atoms with Gasteiger partial charge in [0.2, 0.25) is 0 Å². The lowest BCUT2D eigenvalue weighted by atomic mass is 10.1. The predicted octanol–water partition coefficient (Wildman–Crippen LogP) is 2.76. The third-order valence-electron chi connectivity index (χ3n) is 4.43. The number of likely N-dealkylation sites (tertiary alicyclic amines) is 1. The van der Waals surface area contributed by atoms with Crippen molar-refractivity contribution in [1.82, 2.24) is 10.2 Å². The molecule has 0 unspecified atom stereocenters. The fourth-order valence-electron chi connectivity index (χ4n) is 3.11. The van der Waals surface area contributed by atoms with Crippen LogP contribution in [0.15, 0.2) is 24.3 Å². The molecule has 1 saturated carbocycles. The Labute approximate surface area is 131 Å². The maximum Gasteiger partial charge on any atom is 0.251 e. The first kappa shape index (κ1) is 14.9. The van der Waals surface area contributed by atoms with Gasteiger partial charge in [0.05, 0.1) is 0 Å². The molecule has 1 aliphatic carbocycles. The first-order valence-electron chi connectivity index (χ1n) is 7.86. The molecule has 21 heavy (non-hydrogen) atoms. The Morgan fingerprint density at radius 2 is 2.24 bits per heavy atom. The molecule has 0 aromatic heterocycles. The van der Waals surface area contributed by atoms with Crippen LogP contribution in [0.4, 0.5) is 0 Å². The van der Waals surface area contributed by atoms with Gasteiger partial charge >= 0.3 is 0 Å². The average Bonchev–Trinajstić information content (AvgIpc) is 3.24. The fraction of sp³-hybridized carbons (Fsp3) is 0.588. The smallest absolute Gasteiger partial charge is 0.251 e. The van der Waals surface area contributed by atoms with Crippen LogP contribution in [-0.2, 0) is 5.75 Å². The van der Waals surface area contributed by atoms with E-state index in [4.69, 9.17) is 0 Å². The summed E-state index contributed by atoms with van der Waals surface area (Å²) < 4.78 is 0. The van der Waals surface area contributed by atoms with Gasteiger partial charge in [0.25, 0.3) is 5.91 Å². The first-order valence-corrected chi connectivity index (χ1v) is 9.26. The molecule has 3 rings (SSSR count). The molecule has 2 aliphatic rings. The number of nitrogens with one attached hydrogen (secondary N) is 1. The van der Waals surface area contributed by atoms with Gasteiger partial charge < -0.3 is 10.2 Å². The summed E-state index contributed by atoms with van der Waals surface area (Å²) in [5.41, 5.74) is 2.01. The first-order chi connectivity index (χ1) is 10.3. The molecule has 1 aromatic rings. The van der Waals surface area contributed by atoms with E-state index in [1.54, 1.807) is 11.8 Å². The summed E-state index contributed by atoms with van der Waals surface area (Å²) in [4.78, 5) is 14.8. The number of thioether (sulfide) groups is 1. The number of rotatable bonds is 6. The highest BCUT2D eigenvalue weighted by Crippen LogP contribution is 2.31. The Balaban J connectivity index is 1.48. The highest BCUT2D eigenvalue weighted by Gasteiger charge is 2.34. The van der Waals surface area contributed by atoms with Gasteiger partial charge in [-0.2, -0.15) is 11.8 Å². The summed E-state index contributed by atoms with van der Waals surface area (Å²) in [7, 11) is 0. The van der Waals surface area contributed by atoms with Crippen LogP contribution in [0, 0.1) is 5.92 Å². The minimum atomic E-state index is 0.0721. The minimum absolute atomic E-state index is 0.0721. The van der Waals surface area contributed by atoms with Crippen LogP contribution in [0.2, 0.25) is 0 Å². The third-order valence-corrected chi connectivity index (χ3v) is 5.05. The van der Waals surface area contributed by atoms with E-state index in [0.717, 1.165) is 30.4 Å². The van der Waals surface area contributed by atoms with Crippen molar-refractivity contribution in [3.8, 4) is 0 Å². The quantitative estimate of drug-likeness (QED) is 0.877. The molecule has 1 atom stereocenters. The van der Waals surface area contributed by atoms with Crippen molar-refractivity contribution in [3.05, 3.63) is 35.4 Å². The Hall–Kier alpha value is -1.00. The van der Waals surface area contributed by atoms with E-state index in [9.17, 15) is 4.79 Å². The van der Waals surface area contributed by atoms with Crippen LogP contribution in [0.1, 0.15) is 35.2 Å². The minimum Gasteiger partial charge on any atom is -0.352 e. The number of nitrogens with zero attached hydrogens (tertiary/aromatic N) is 1. The molecule has 1 aliphatic heterocycles. The molecular formula is C17H24N2OS. The lowest BCUT2D eigenvalue weighted by Gasteiger charge is -2.15. The molecule has 3 nitrogen and oxygen atoms in total. The molecule has 1 aromatic carbocycles. The van der Waals surface area contributed by atoms with E-state index in [-0.39, 0.29) is 5.91 Å². The Morgan fingerprint density at radius 1 is 1.38 bits per heavy atom. The van der Waals surface area contributed by atoms with Crippen LogP contribution in [0.3, 0.4) is 0 Å². The molecule has 0 radical (unpaired) electrons. The van der Waals surface area contributed by atoms with Gasteiger partial charge in [-0.05, 0) is 55.7 Å². The van der Waals surface area contributed by atoms with Crippen LogP contribution >= 0.6 is 11.8 Å². The second-order valence-corrected chi connectivity index (χ2v) is 7.09. The highest BCUT2D eigenvalue weighted by molar-refractivity contribution is 7.97. The van der Waals surface area contributed by atoms with Crippen molar-refractivity contribution in [2.75, 3.05) is 25.9 Å². The van der Waals surface area contributed by atoms with Gasteiger partial charge in [-0.3, -0.25) is 4.79 Å². The fourth-order valence-corrected chi connectivity index (χ4v) is 3.62. The summed E-state index contributed by atoms with van der Waals surface area (Å²) in [6.07, 6.45) is 6.06. The lowest BCUT2D eigenvalue weighted by Crippen LogP contribution is -2.31. The number of hydrogen-bond donors (Lipinski definition) is 1. The zero-order valence-corrected chi connectivity index (χ0v) is 13.5. The highest BCUT2D eigenvalue weighted by atomic mass is 32.2. The average molecular weight is 304 g/mol. The summed E-state index contributed by atoms with van der Waals surface area (Å²) in [6.45, 7) is 3.20. The van der Waals surface area contributed by atoms with Gasteiger partial charge in [0.15, 0.2) is 0 Å².